The number of rotatable bonds is 3. The van der Waals surface area contributed by atoms with Crippen molar-refractivity contribution in [2.24, 2.45) is 0 Å². The van der Waals surface area contributed by atoms with E-state index < -0.39 is 0 Å². The van der Waals surface area contributed by atoms with E-state index >= 15 is 0 Å². The van der Waals surface area contributed by atoms with Gasteiger partial charge in [0.2, 0.25) is 0 Å². The van der Waals surface area contributed by atoms with Gasteiger partial charge in [-0.2, -0.15) is 5.10 Å². The van der Waals surface area contributed by atoms with Crippen LogP contribution in [0.15, 0.2) is 43.0 Å². The quantitative estimate of drug-likeness (QED) is 0.627. The fraction of sp³-hybridized carbons (Fsp3) is 0.143. The summed E-state index contributed by atoms with van der Waals surface area (Å²) >= 11 is 0. The van der Waals surface area contributed by atoms with Crippen LogP contribution in [-0.2, 0) is 0 Å². The Labute approximate surface area is 110 Å². The molecule has 0 amide bonds. The first-order valence-electron chi connectivity index (χ1n) is 6.13. The normalized spacial score (nSPS) is 12.5. The molecule has 0 spiro atoms. The Morgan fingerprint density at radius 2 is 2.11 bits per heavy atom. The van der Waals surface area contributed by atoms with Gasteiger partial charge in [0, 0.05) is 46.3 Å². The minimum Gasteiger partial charge on any atom is -0.398 e. The number of anilines is 2. The summed E-state index contributed by atoms with van der Waals surface area (Å²) in [4.78, 5) is 4.17. The van der Waals surface area contributed by atoms with Crippen LogP contribution in [0.5, 0.6) is 0 Å². The number of H-pyrrole nitrogens is 1. The summed E-state index contributed by atoms with van der Waals surface area (Å²) < 4.78 is 0. The second-order valence-electron chi connectivity index (χ2n) is 4.52. The first-order chi connectivity index (χ1) is 9.25. The lowest BCUT2D eigenvalue weighted by Gasteiger charge is -2.16. The second-order valence-corrected chi connectivity index (χ2v) is 4.52. The number of hydrogen-bond donors (Lipinski definition) is 3. The first kappa shape index (κ1) is 11.5. The molecule has 0 radical (unpaired) electrons. The van der Waals surface area contributed by atoms with Crippen LogP contribution in [0.4, 0.5) is 11.4 Å². The van der Waals surface area contributed by atoms with Gasteiger partial charge in [0.05, 0.1) is 12.2 Å². The topological polar surface area (TPSA) is 79.6 Å². The van der Waals surface area contributed by atoms with E-state index in [0.29, 0.717) is 0 Å². The molecule has 96 valence electrons. The molecule has 0 saturated heterocycles. The molecule has 0 saturated carbocycles. The molecule has 0 aliphatic heterocycles. The highest BCUT2D eigenvalue weighted by Crippen LogP contribution is 2.29. The number of aromatic amines is 1. The van der Waals surface area contributed by atoms with Crippen molar-refractivity contribution in [2.75, 3.05) is 11.1 Å². The molecule has 0 bridgehead atoms. The molecular weight excluding hydrogens is 238 g/mol. The largest absolute Gasteiger partial charge is 0.398 e. The maximum Gasteiger partial charge on any atom is 0.0539 e. The van der Waals surface area contributed by atoms with Crippen molar-refractivity contribution < 1.29 is 0 Å². The van der Waals surface area contributed by atoms with Crippen LogP contribution in [0.2, 0.25) is 0 Å². The number of nitrogens with two attached hydrogens (primary N) is 1. The molecule has 5 nitrogen and oxygen atoms in total. The van der Waals surface area contributed by atoms with Crippen LogP contribution < -0.4 is 11.1 Å². The highest BCUT2D eigenvalue weighted by atomic mass is 15.1. The fourth-order valence-corrected chi connectivity index (χ4v) is 2.15. The van der Waals surface area contributed by atoms with Gasteiger partial charge in [-0.1, -0.05) is 0 Å². The summed E-state index contributed by atoms with van der Waals surface area (Å²) in [6.07, 6.45) is 7.28. The minimum absolute atomic E-state index is 0.158. The van der Waals surface area contributed by atoms with E-state index in [1.807, 2.05) is 36.8 Å². The van der Waals surface area contributed by atoms with Crippen LogP contribution in [-0.4, -0.2) is 15.2 Å². The number of aromatic nitrogens is 3. The SMILES string of the molecule is CC(Nc1ccc(N)c2ccncc12)c1cn[nH]c1. The number of nitrogen functional groups attached to an aromatic ring is 1. The fourth-order valence-electron chi connectivity index (χ4n) is 2.15. The number of nitrogens with one attached hydrogen (secondary N) is 2. The van der Waals surface area contributed by atoms with Gasteiger partial charge in [0.25, 0.3) is 0 Å². The highest BCUT2D eigenvalue weighted by Gasteiger charge is 2.09. The Kier molecular flexibility index (Phi) is 2.79. The van der Waals surface area contributed by atoms with E-state index in [2.05, 4.69) is 27.4 Å². The van der Waals surface area contributed by atoms with Gasteiger partial charge in [-0.3, -0.25) is 10.1 Å². The molecule has 3 rings (SSSR count). The molecule has 2 aromatic heterocycles. The van der Waals surface area contributed by atoms with Gasteiger partial charge in [-0.05, 0) is 25.1 Å². The van der Waals surface area contributed by atoms with Gasteiger partial charge in [-0.25, -0.2) is 0 Å². The number of fused-ring (bicyclic) bond motifs is 1. The monoisotopic (exact) mass is 253 g/mol. The molecule has 3 aromatic rings. The number of nitrogens with zero attached hydrogens (tertiary/aromatic N) is 2. The molecule has 0 aliphatic rings. The average molecular weight is 253 g/mol. The Bertz CT molecular complexity index is 690. The van der Waals surface area contributed by atoms with E-state index in [-0.39, 0.29) is 6.04 Å². The van der Waals surface area contributed by atoms with Crippen molar-refractivity contribution in [1.29, 1.82) is 0 Å². The maximum absolute atomic E-state index is 5.98. The molecule has 0 aliphatic carbocycles. The number of benzene rings is 1. The van der Waals surface area contributed by atoms with E-state index in [0.717, 1.165) is 27.7 Å². The Hall–Kier alpha value is -2.56. The Balaban J connectivity index is 2.00. The van der Waals surface area contributed by atoms with Crippen molar-refractivity contribution in [3.8, 4) is 0 Å². The molecule has 4 N–H and O–H groups in total. The molecule has 1 aromatic carbocycles. The van der Waals surface area contributed by atoms with Crippen molar-refractivity contribution >= 4 is 22.1 Å². The van der Waals surface area contributed by atoms with Gasteiger partial charge in [-0.15, -0.1) is 0 Å². The van der Waals surface area contributed by atoms with Crippen LogP contribution >= 0.6 is 0 Å². The van der Waals surface area contributed by atoms with E-state index in [9.17, 15) is 0 Å². The lowest BCUT2D eigenvalue weighted by atomic mass is 10.1. The molecule has 0 fully saturated rings. The van der Waals surface area contributed by atoms with Gasteiger partial charge >= 0.3 is 0 Å². The summed E-state index contributed by atoms with van der Waals surface area (Å²) in [5.41, 5.74) is 8.87. The lowest BCUT2D eigenvalue weighted by Crippen LogP contribution is -2.06. The van der Waals surface area contributed by atoms with E-state index in [1.165, 1.54) is 0 Å². The number of hydrogen-bond acceptors (Lipinski definition) is 4. The summed E-state index contributed by atoms with van der Waals surface area (Å²) in [5.74, 6) is 0. The van der Waals surface area contributed by atoms with Crippen LogP contribution in [0.1, 0.15) is 18.5 Å². The number of pyridine rings is 1. The Morgan fingerprint density at radius 3 is 2.89 bits per heavy atom. The maximum atomic E-state index is 5.98. The van der Waals surface area contributed by atoms with Crippen LogP contribution in [0.25, 0.3) is 10.8 Å². The molecular formula is C14H15N5. The zero-order valence-corrected chi connectivity index (χ0v) is 10.6. The third-order valence-corrected chi connectivity index (χ3v) is 3.24. The summed E-state index contributed by atoms with van der Waals surface area (Å²) in [5, 5.41) is 12.3. The molecule has 2 heterocycles. The predicted molar refractivity (Wildman–Crippen MR) is 76.8 cm³/mol. The second kappa shape index (κ2) is 4.61. The molecule has 1 atom stereocenters. The highest BCUT2D eigenvalue weighted by molar-refractivity contribution is 6.00. The van der Waals surface area contributed by atoms with Crippen molar-refractivity contribution in [3.63, 3.8) is 0 Å². The molecule has 19 heavy (non-hydrogen) atoms. The first-order valence-corrected chi connectivity index (χ1v) is 6.13. The minimum atomic E-state index is 0.158. The standard InChI is InChI=1S/C14H15N5/c1-9(10-6-17-18-7-10)19-14-3-2-13(15)11-4-5-16-8-12(11)14/h2-9,19H,15H2,1H3,(H,17,18). The van der Waals surface area contributed by atoms with E-state index in [1.54, 1.807) is 6.20 Å². The van der Waals surface area contributed by atoms with Crippen molar-refractivity contribution in [3.05, 3.63) is 48.5 Å². The van der Waals surface area contributed by atoms with Crippen LogP contribution in [0.3, 0.4) is 0 Å². The zero-order chi connectivity index (χ0) is 13.2. The molecule has 1 unspecified atom stereocenters. The smallest absolute Gasteiger partial charge is 0.0539 e. The van der Waals surface area contributed by atoms with Crippen molar-refractivity contribution in [1.82, 2.24) is 15.2 Å². The average Bonchev–Trinajstić information content (AvgIpc) is 2.96. The summed E-state index contributed by atoms with van der Waals surface area (Å²) in [7, 11) is 0. The van der Waals surface area contributed by atoms with Crippen LogP contribution in [0, 0.1) is 0 Å². The summed E-state index contributed by atoms with van der Waals surface area (Å²) in [6.45, 7) is 2.09. The predicted octanol–water partition coefficient (Wildman–Crippen LogP) is 2.71. The summed E-state index contributed by atoms with van der Waals surface area (Å²) in [6, 6.07) is 5.98. The molecule has 5 heteroatoms. The van der Waals surface area contributed by atoms with Gasteiger partial charge in [0.1, 0.15) is 0 Å². The third-order valence-electron chi connectivity index (χ3n) is 3.24. The Morgan fingerprint density at radius 1 is 1.21 bits per heavy atom. The third kappa shape index (κ3) is 2.10. The lowest BCUT2D eigenvalue weighted by molar-refractivity contribution is 0.888. The van der Waals surface area contributed by atoms with E-state index in [4.69, 9.17) is 5.73 Å². The van der Waals surface area contributed by atoms with Crippen molar-refractivity contribution in [2.45, 2.75) is 13.0 Å². The van der Waals surface area contributed by atoms with Gasteiger partial charge in [0.15, 0.2) is 0 Å². The van der Waals surface area contributed by atoms with Gasteiger partial charge < -0.3 is 11.1 Å². The zero-order valence-electron chi connectivity index (χ0n) is 10.6.